The van der Waals surface area contributed by atoms with Crippen LogP contribution in [0.15, 0.2) is 24.3 Å². The molecule has 0 spiro atoms. The Morgan fingerprint density at radius 1 is 1.10 bits per heavy atom. The van der Waals surface area contributed by atoms with Gasteiger partial charge >= 0.3 is 0 Å². The molecule has 0 saturated heterocycles. The van der Waals surface area contributed by atoms with E-state index in [0.717, 1.165) is 44.2 Å². The Kier molecular flexibility index (Phi) is 6.21. The fraction of sp³-hybridized carbons (Fsp3) is 0.588. The van der Waals surface area contributed by atoms with Gasteiger partial charge in [0.15, 0.2) is 0 Å². The van der Waals surface area contributed by atoms with E-state index in [2.05, 4.69) is 22.8 Å². The summed E-state index contributed by atoms with van der Waals surface area (Å²) in [6, 6.07) is 9.07. The van der Waals surface area contributed by atoms with Crippen molar-refractivity contribution in [3.63, 3.8) is 0 Å². The van der Waals surface area contributed by atoms with Crippen molar-refractivity contribution < 1.29 is 9.90 Å². The lowest BCUT2D eigenvalue weighted by molar-refractivity contribution is -0.119. The lowest BCUT2D eigenvalue weighted by Gasteiger charge is -2.29. The van der Waals surface area contributed by atoms with Gasteiger partial charge in [0.1, 0.15) is 0 Å². The molecule has 3 N–H and O–H groups in total. The van der Waals surface area contributed by atoms with Crippen LogP contribution in [0.25, 0.3) is 0 Å². The number of hydrogen-bond donors (Lipinski definition) is 3. The molecule has 1 fully saturated rings. The number of aliphatic hydroxyl groups is 1. The Morgan fingerprint density at radius 3 is 2.24 bits per heavy atom. The van der Waals surface area contributed by atoms with Gasteiger partial charge in [-0.05, 0) is 49.8 Å². The minimum Gasteiger partial charge on any atom is -0.392 e. The average Bonchev–Trinajstić information content (AvgIpc) is 2.49. The molecular formula is C17H26N2O2. The van der Waals surface area contributed by atoms with Crippen LogP contribution in [-0.4, -0.2) is 29.6 Å². The maximum Gasteiger partial charge on any atom is 0.217 e. The smallest absolute Gasteiger partial charge is 0.217 e. The van der Waals surface area contributed by atoms with Crippen molar-refractivity contribution >= 4 is 5.91 Å². The molecular weight excluding hydrogens is 264 g/mol. The molecule has 4 heteroatoms. The monoisotopic (exact) mass is 290 g/mol. The third-order valence-corrected chi connectivity index (χ3v) is 4.19. The van der Waals surface area contributed by atoms with E-state index >= 15 is 0 Å². The van der Waals surface area contributed by atoms with Crippen molar-refractivity contribution in [2.45, 2.75) is 57.7 Å². The van der Waals surface area contributed by atoms with E-state index < -0.39 is 0 Å². The first kappa shape index (κ1) is 16.0. The molecule has 1 aliphatic rings. The quantitative estimate of drug-likeness (QED) is 0.748. The average molecular weight is 290 g/mol. The van der Waals surface area contributed by atoms with Gasteiger partial charge in [0.2, 0.25) is 5.91 Å². The van der Waals surface area contributed by atoms with E-state index in [4.69, 9.17) is 5.11 Å². The summed E-state index contributed by atoms with van der Waals surface area (Å²) in [5, 5.41) is 15.6. The van der Waals surface area contributed by atoms with Crippen LogP contribution in [0, 0.1) is 0 Å². The van der Waals surface area contributed by atoms with Crippen LogP contribution in [0.4, 0.5) is 0 Å². The fourth-order valence-electron chi connectivity index (χ4n) is 2.96. The highest BCUT2D eigenvalue weighted by Crippen LogP contribution is 2.18. The van der Waals surface area contributed by atoms with E-state index in [1.165, 1.54) is 5.56 Å². The molecule has 1 aromatic carbocycles. The molecule has 0 radical (unpaired) electrons. The molecule has 1 amide bonds. The second-order valence-electron chi connectivity index (χ2n) is 5.93. The lowest BCUT2D eigenvalue weighted by Crippen LogP contribution is -2.41. The van der Waals surface area contributed by atoms with Crippen molar-refractivity contribution in [1.82, 2.24) is 10.6 Å². The van der Waals surface area contributed by atoms with Crippen LogP contribution in [0.2, 0.25) is 0 Å². The number of aliphatic hydroxyl groups excluding tert-OH is 1. The van der Waals surface area contributed by atoms with Crippen LogP contribution in [0.3, 0.4) is 0 Å². The summed E-state index contributed by atoms with van der Waals surface area (Å²) in [4.78, 5) is 11.0. The SMILES string of the molecule is CC(=O)NC1CCC(NCCc2ccc(CO)cc2)CC1. The van der Waals surface area contributed by atoms with Crippen LogP contribution < -0.4 is 10.6 Å². The number of carbonyl (C=O) groups is 1. The van der Waals surface area contributed by atoms with Gasteiger partial charge in [-0.1, -0.05) is 24.3 Å². The van der Waals surface area contributed by atoms with Crippen LogP contribution in [0.1, 0.15) is 43.7 Å². The van der Waals surface area contributed by atoms with Gasteiger partial charge in [-0.25, -0.2) is 0 Å². The highest BCUT2D eigenvalue weighted by molar-refractivity contribution is 5.73. The molecule has 0 atom stereocenters. The van der Waals surface area contributed by atoms with Gasteiger partial charge in [-0.2, -0.15) is 0 Å². The molecule has 21 heavy (non-hydrogen) atoms. The summed E-state index contributed by atoms with van der Waals surface area (Å²) >= 11 is 0. The second-order valence-corrected chi connectivity index (χ2v) is 5.93. The van der Waals surface area contributed by atoms with Gasteiger partial charge in [0, 0.05) is 19.0 Å². The first-order valence-electron chi connectivity index (χ1n) is 7.86. The molecule has 0 aliphatic heterocycles. The molecule has 2 rings (SSSR count). The summed E-state index contributed by atoms with van der Waals surface area (Å²) in [6.45, 7) is 2.68. The maximum absolute atomic E-state index is 11.0. The van der Waals surface area contributed by atoms with Crippen LogP contribution >= 0.6 is 0 Å². The first-order chi connectivity index (χ1) is 10.2. The molecule has 0 unspecified atom stereocenters. The summed E-state index contributed by atoms with van der Waals surface area (Å²) in [6.07, 6.45) is 5.42. The summed E-state index contributed by atoms with van der Waals surface area (Å²) in [5.41, 5.74) is 2.26. The lowest BCUT2D eigenvalue weighted by atomic mass is 9.91. The van der Waals surface area contributed by atoms with Crippen molar-refractivity contribution in [2.24, 2.45) is 0 Å². The molecule has 1 aliphatic carbocycles. The molecule has 0 bridgehead atoms. The van der Waals surface area contributed by atoms with Gasteiger partial charge in [0.05, 0.1) is 6.61 Å². The largest absolute Gasteiger partial charge is 0.392 e. The standard InChI is InChI=1S/C17H26N2O2/c1-13(21)19-17-8-6-16(7-9-17)18-11-10-14-2-4-15(12-20)5-3-14/h2-5,16-18,20H,6-12H2,1H3,(H,19,21). The zero-order chi connectivity index (χ0) is 15.1. The number of amides is 1. The number of carbonyl (C=O) groups excluding carboxylic acids is 1. The molecule has 0 aromatic heterocycles. The number of hydrogen-bond acceptors (Lipinski definition) is 3. The third-order valence-electron chi connectivity index (χ3n) is 4.19. The number of rotatable bonds is 6. The van der Waals surface area contributed by atoms with E-state index in [9.17, 15) is 4.79 Å². The van der Waals surface area contributed by atoms with Crippen molar-refractivity contribution in [2.75, 3.05) is 6.54 Å². The minimum absolute atomic E-state index is 0.0812. The Labute approximate surface area is 126 Å². The summed E-state index contributed by atoms with van der Waals surface area (Å²) < 4.78 is 0. The van der Waals surface area contributed by atoms with Gasteiger partial charge in [-0.15, -0.1) is 0 Å². The van der Waals surface area contributed by atoms with Crippen LogP contribution in [-0.2, 0) is 17.8 Å². The zero-order valence-electron chi connectivity index (χ0n) is 12.8. The molecule has 0 heterocycles. The Hall–Kier alpha value is -1.39. The molecule has 116 valence electrons. The van der Waals surface area contributed by atoms with E-state index in [-0.39, 0.29) is 12.5 Å². The molecule has 1 saturated carbocycles. The van der Waals surface area contributed by atoms with E-state index in [1.807, 2.05) is 12.1 Å². The Balaban J connectivity index is 1.64. The summed E-state index contributed by atoms with van der Waals surface area (Å²) in [5.74, 6) is 0.0812. The normalized spacial score (nSPS) is 22.0. The molecule has 4 nitrogen and oxygen atoms in total. The highest BCUT2D eigenvalue weighted by Gasteiger charge is 2.20. The highest BCUT2D eigenvalue weighted by atomic mass is 16.3. The van der Waals surface area contributed by atoms with Crippen LogP contribution in [0.5, 0.6) is 0 Å². The molecule has 1 aromatic rings. The van der Waals surface area contributed by atoms with E-state index in [0.29, 0.717) is 12.1 Å². The van der Waals surface area contributed by atoms with Gasteiger partial charge in [0.25, 0.3) is 0 Å². The van der Waals surface area contributed by atoms with Crippen molar-refractivity contribution in [1.29, 1.82) is 0 Å². The summed E-state index contributed by atoms with van der Waals surface area (Å²) in [7, 11) is 0. The van der Waals surface area contributed by atoms with Gasteiger partial charge in [-0.3, -0.25) is 4.79 Å². The fourth-order valence-corrected chi connectivity index (χ4v) is 2.96. The first-order valence-corrected chi connectivity index (χ1v) is 7.86. The number of benzene rings is 1. The zero-order valence-corrected chi connectivity index (χ0v) is 12.8. The van der Waals surface area contributed by atoms with Crippen molar-refractivity contribution in [3.05, 3.63) is 35.4 Å². The topological polar surface area (TPSA) is 61.4 Å². The minimum atomic E-state index is 0.0812. The van der Waals surface area contributed by atoms with Gasteiger partial charge < -0.3 is 15.7 Å². The second kappa shape index (κ2) is 8.15. The number of nitrogens with one attached hydrogen (secondary N) is 2. The third kappa shape index (κ3) is 5.48. The van der Waals surface area contributed by atoms with E-state index in [1.54, 1.807) is 6.92 Å². The Morgan fingerprint density at radius 2 is 1.67 bits per heavy atom. The van der Waals surface area contributed by atoms with Crippen molar-refractivity contribution in [3.8, 4) is 0 Å². The maximum atomic E-state index is 11.0. The Bertz CT molecular complexity index is 437. The predicted molar refractivity (Wildman–Crippen MR) is 83.9 cm³/mol. The predicted octanol–water partition coefficient (Wildman–Crippen LogP) is 1.76.